The van der Waals surface area contributed by atoms with Crippen molar-refractivity contribution in [3.63, 3.8) is 0 Å². The van der Waals surface area contributed by atoms with Crippen molar-refractivity contribution in [3.05, 3.63) is 29.8 Å². The summed E-state index contributed by atoms with van der Waals surface area (Å²) in [7, 11) is 1.92. The van der Waals surface area contributed by atoms with Gasteiger partial charge in [-0.25, -0.2) is 0 Å². The molecular weight excluding hydrogens is 236 g/mol. The molecule has 1 aromatic rings. The summed E-state index contributed by atoms with van der Waals surface area (Å²) in [4.78, 5) is 12.3. The van der Waals surface area contributed by atoms with Crippen LogP contribution in [0.2, 0.25) is 0 Å². The number of para-hydroxylation sites is 1. The van der Waals surface area contributed by atoms with Gasteiger partial charge in [0.15, 0.2) is 0 Å². The molecule has 0 atom stereocenters. The van der Waals surface area contributed by atoms with Crippen LogP contribution in [0.3, 0.4) is 0 Å². The smallest absolute Gasteiger partial charge is 0.227 e. The van der Waals surface area contributed by atoms with Crippen LogP contribution in [0.1, 0.15) is 44.1 Å². The molecule has 104 valence electrons. The summed E-state index contributed by atoms with van der Waals surface area (Å²) < 4.78 is 0. The zero-order valence-corrected chi connectivity index (χ0v) is 11.7. The van der Waals surface area contributed by atoms with Gasteiger partial charge in [-0.15, -0.1) is 0 Å². The highest BCUT2D eigenvalue weighted by Crippen LogP contribution is 2.25. The second-order valence-corrected chi connectivity index (χ2v) is 5.37. The van der Waals surface area contributed by atoms with Crippen LogP contribution in [0.15, 0.2) is 24.3 Å². The topological polar surface area (TPSA) is 41.1 Å². The van der Waals surface area contributed by atoms with Gasteiger partial charge in [-0.05, 0) is 31.5 Å². The first kappa shape index (κ1) is 14.1. The molecule has 0 spiro atoms. The van der Waals surface area contributed by atoms with E-state index in [1.54, 1.807) is 0 Å². The molecule has 0 unspecified atom stereocenters. The second kappa shape index (κ2) is 7.29. The third-order valence-electron chi connectivity index (χ3n) is 3.87. The Morgan fingerprint density at radius 3 is 2.53 bits per heavy atom. The van der Waals surface area contributed by atoms with E-state index in [4.69, 9.17) is 0 Å². The number of carbonyl (C=O) groups is 1. The van der Waals surface area contributed by atoms with Gasteiger partial charge in [0.25, 0.3) is 0 Å². The Labute approximate surface area is 115 Å². The molecule has 0 aromatic heterocycles. The zero-order chi connectivity index (χ0) is 13.5. The van der Waals surface area contributed by atoms with Gasteiger partial charge in [0.2, 0.25) is 5.91 Å². The van der Waals surface area contributed by atoms with E-state index < -0.39 is 0 Å². The molecule has 1 aromatic carbocycles. The maximum absolute atomic E-state index is 12.3. The van der Waals surface area contributed by atoms with Crippen molar-refractivity contribution < 1.29 is 4.79 Å². The van der Waals surface area contributed by atoms with Crippen LogP contribution in [0.4, 0.5) is 5.69 Å². The van der Waals surface area contributed by atoms with Crippen LogP contribution in [0.5, 0.6) is 0 Å². The zero-order valence-electron chi connectivity index (χ0n) is 11.7. The van der Waals surface area contributed by atoms with Crippen molar-refractivity contribution in [3.8, 4) is 0 Å². The molecule has 1 saturated carbocycles. The molecule has 3 nitrogen and oxygen atoms in total. The second-order valence-electron chi connectivity index (χ2n) is 5.37. The molecule has 0 saturated heterocycles. The Kier molecular flexibility index (Phi) is 5.40. The van der Waals surface area contributed by atoms with E-state index in [9.17, 15) is 4.79 Å². The molecule has 3 heteroatoms. The van der Waals surface area contributed by atoms with Crippen molar-refractivity contribution in [1.29, 1.82) is 0 Å². The van der Waals surface area contributed by atoms with E-state index >= 15 is 0 Å². The molecule has 1 aliphatic carbocycles. The Hall–Kier alpha value is -1.35. The van der Waals surface area contributed by atoms with E-state index in [0.717, 1.165) is 30.6 Å². The van der Waals surface area contributed by atoms with Gasteiger partial charge < -0.3 is 10.6 Å². The minimum atomic E-state index is 0.199. The van der Waals surface area contributed by atoms with Crippen molar-refractivity contribution >= 4 is 11.6 Å². The van der Waals surface area contributed by atoms with E-state index in [0.29, 0.717) is 0 Å². The standard InChI is InChI=1S/C16H24N2O/c1-17-12-14-10-6-7-11-15(14)18-16(19)13-8-4-2-3-5-9-13/h6-7,10-11,13,17H,2-5,8-9,12H2,1H3,(H,18,19). The Morgan fingerprint density at radius 2 is 1.84 bits per heavy atom. The lowest BCUT2D eigenvalue weighted by atomic mass is 9.99. The number of benzene rings is 1. The molecule has 19 heavy (non-hydrogen) atoms. The molecule has 0 heterocycles. The first-order chi connectivity index (χ1) is 9.31. The molecule has 1 amide bonds. The van der Waals surface area contributed by atoms with Gasteiger partial charge in [0.05, 0.1) is 0 Å². The van der Waals surface area contributed by atoms with Crippen LogP contribution in [-0.4, -0.2) is 13.0 Å². The number of hydrogen-bond donors (Lipinski definition) is 2. The lowest BCUT2D eigenvalue weighted by Crippen LogP contribution is -2.23. The van der Waals surface area contributed by atoms with Crippen LogP contribution >= 0.6 is 0 Å². The van der Waals surface area contributed by atoms with E-state index in [-0.39, 0.29) is 11.8 Å². The summed E-state index contributed by atoms with van der Waals surface area (Å²) in [5.74, 6) is 0.399. The van der Waals surface area contributed by atoms with E-state index in [2.05, 4.69) is 16.7 Å². The maximum Gasteiger partial charge on any atom is 0.227 e. The monoisotopic (exact) mass is 260 g/mol. The van der Waals surface area contributed by atoms with Gasteiger partial charge in [0.1, 0.15) is 0 Å². The summed E-state index contributed by atoms with van der Waals surface area (Å²) in [5, 5.41) is 6.25. The quantitative estimate of drug-likeness (QED) is 0.815. The molecular formula is C16H24N2O. The number of amides is 1. The van der Waals surface area contributed by atoms with Crippen LogP contribution in [0, 0.1) is 5.92 Å². The molecule has 0 bridgehead atoms. The summed E-state index contributed by atoms with van der Waals surface area (Å²) >= 11 is 0. The normalized spacial score (nSPS) is 16.9. The van der Waals surface area contributed by atoms with Crippen LogP contribution in [0.25, 0.3) is 0 Å². The fourth-order valence-electron chi connectivity index (χ4n) is 2.76. The summed E-state index contributed by atoms with van der Waals surface area (Å²) in [6.45, 7) is 0.779. The highest BCUT2D eigenvalue weighted by atomic mass is 16.1. The van der Waals surface area contributed by atoms with Crippen molar-refractivity contribution in [2.75, 3.05) is 12.4 Å². The number of carbonyl (C=O) groups excluding carboxylic acids is 1. The molecule has 1 fully saturated rings. The van der Waals surface area contributed by atoms with Crippen LogP contribution in [-0.2, 0) is 11.3 Å². The first-order valence-corrected chi connectivity index (χ1v) is 7.34. The predicted molar refractivity (Wildman–Crippen MR) is 79.0 cm³/mol. The minimum Gasteiger partial charge on any atom is -0.326 e. The van der Waals surface area contributed by atoms with Gasteiger partial charge in [-0.3, -0.25) is 4.79 Å². The molecule has 0 radical (unpaired) electrons. The number of anilines is 1. The Bertz CT molecular complexity index is 409. The van der Waals surface area contributed by atoms with Gasteiger partial charge >= 0.3 is 0 Å². The number of nitrogens with one attached hydrogen (secondary N) is 2. The maximum atomic E-state index is 12.3. The van der Waals surface area contributed by atoms with Crippen LogP contribution < -0.4 is 10.6 Å². The SMILES string of the molecule is CNCc1ccccc1NC(=O)C1CCCCCC1. The summed E-state index contributed by atoms with van der Waals surface area (Å²) in [5.41, 5.74) is 2.10. The third-order valence-corrected chi connectivity index (χ3v) is 3.87. The molecule has 2 rings (SSSR count). The van der Waals surface area contributed by atoms with Gasteiger partial charge in [-0.2, -0.15) is 0 Å². The summed E-state index contributed by atoms with van der Waals surface area (Å²) in [6.07, 6.45) is 7.02. The fourth-order valence-corrected chi connectivity index (χ4v) is 2.76. The largest absolute Gasteiger partial charge is 0.326 e. The molecule has 0 aliphatic heterocycles. The first-order valence-electron chi connectivity index (χ1n) is 7.34. The fraction of sp³-hybridized carbons (Fsp3) is 0.562. The van der Waals surface area contributed by atoms with Crippen molar-refractivity contribution in [1.82, 2.24) is 5.32 Å². The third kappa shape index (κ3) is 4.06. The average molecular weight is 260 g/mol. The Balaban J connectivity index is 2.01. The highest BCUT2D eigenvalue weighted by molar-refractivity contribution is 5.93. The summed E-state index contributed by atoms with van der Waals surface area (Å²) in [6, 6.07) is 8.02. The lowest BCUT2D eigenvalue weighted by molar-refractivity contribution is -0.120. The molecule has 1 aliphatic rings. The van der Waals surface area contributed by atoms with E-state index in [1.807, 2.05) is 25.2 Å². The average Bonchev–Trinajstić information content (AvgIpc) is 2.70. The predicted octanol–water partition coefficient (Wildman–Crippen LogP) is 3.31. The van der Waals surface area contributed by atoms with E-state index in [1.165, 1.54) is 25.7 Å². The minimum absolute atomic E-state index is 0.199. The van der Waals surface area contributed by atoms with Crippen molar-refractivity contribution in [2.45, 2.75) is 45.1 Å². The number of rotatable bonds is 4. The lowest BCUT2D eigenvalue weighted by Gasteiger charge is -2.16. The highest BCUT2D eigenvalue weighted by Gasteiger charge is 2.20. The van der Waals surface area contributed by atoms with Gasteiger partial charge in [0, 0.05) is 18.2 Å². The Morgan fingerprint density at radius 1 is 1.16 bits per heavy atom. The van der Waals surface area contributed by atoms with Crippen molar-refractivity contribution in [2.24, 2.45) is 5.92 Å². The number of hydrogen-bond acceptors (Lipinski definition) is 2. The molecule has 2 N–H and O–H groups in total. The van der Waals surface area contributed by atoms with Gasteiger partial charge in [-0.1, -0.05) is 43.9 Å².